The van der Waals surface area contributed by atoms with Crippen molar-refractivity contribution in [2.75, 3.05) is 25.7 Å². The van der Waals surface area contributed by atoms with Gasteiger partial charge in [-0.2, -0.15) is 5.26 Å². The highest BCUT2D eigenvalue weighted by molar-refractivity contribution is 6.17. The van der Waals surface area contributed by atoms with Gasteiger partial charge in [0.25, 0.3) is 0 Å². The molecule has 0 saturated heterocycles. The predicted octanol–water partition coefficient (Wildman–Crippen LogP) is 0.439. The standard InChI is InChI=1S/C7H9ClO5.C5H8O3/c8-4-1-5-12-6(9)2-3-7(10)13-11;1-2-5(7)8-4-3-6/h2-3,11H,1,4-5H2;2,6H,1,3-4H2/b3-2-;. The Morgan fingerprint density at radius 1 is 1.05 bits per heavy atom. The summed E-state index contributed by atoms with van der Waals surface area (Å²) in [6.07, 6.45) is 3.21. The van der Waals surface area contributed by atoms with Crippen LogP contribution in [0.2, 0.25) is 0 Å². The minimum Gasteiger partial charge on any atom is -0.462 e. The van der Waals surface area contributed by atoms with Crippen LogP contribution in [0.25, 0.3) is 0 Å². The second-order valence-electron chi connectivity index (χ2n) is 3.05. The molecular formula is C12H17ClO8. The number of halogens is 1. The van der Waals surface area contributed by atoms with E-state index in [1.807, 2.05) is 0 Å². The average molecular weight is 325 g/mol. The van der Waals surface area contributed by atoms with E-state index in [0.717, 1.165) is 18.2 Å². The Bertz CT molecular complexity index is 353. The van der Waals surface area contributed by atoms with E-state index in [1.54, 1.807) is 0 Å². The first-order valence-corrected chi connectivity index (χ1v) is 6.21. The fraction of sp³-hybridized carbons (Fsp3) is 0.417. The Hall–Kier alpha value is -1.90. The van der Waals surface area contributed by atoms with Gasteiger partial charge in [0.2, 0.25) is 0 Å². The lowest BCUT2D eigenvalue weighted by atomic mass is 10.5. The molecule has 8 nitrogen and oxygen atoms in total. The van der Waals surface area contributed by atoms with Gasteiger partial charge in [-0.05, 0) is 6.42 Å². The highest BCUT2D eigenvalue weighted by Crippen LogP contribution is 1.89. The third-order valence-corrected chi connectivity index (χ3v) is 1.74. The largest absolute Gasteiger partial charge is 0.462 e. The molecule has 120 valence electrons. The van der Waals surface area contributed by atoms with E-state index in [-0.39, 0.29) is 19.8 Å². The van der Waals surface area contributed by atoms with Crippen molar-refractivity contribution >= 4 is 29.5 Å². The van der Waals surface area contributed by atoms with Crippen molar-refractivity contribution in [2.24, 2.45) is 0 Å². The van der Waals surface area contributed by atoms with Gasteiger partial charge in [-0.15, -0.1) is 11.6 Å². The fourth-order valence-electron chi connectivity index (χ4n) is 0.647. The second-order valence-corrected chi connectivity index (χ2v) is 3.43. The molecule has 0 atom stereocenters. The third kappa shape index (κ3) is 18.1. The second kappa shape index (κ2) is 16.2. The van der Waals surface area contributed by atoms with Crippen molar-refractivity contribution in [3.05, 3.63) is 24.8 Å². The lowest BCUT2D eigenvalue weighted by molar-refractivity contribution is -0.228. The van der Waals surface area contributed by atoms with Crippen LogP contribution >= 0.6 is 11.6 Å². The molecular weight excluding hydrogens is 308 g/mol. The SMILES string of the molecule is C=CC(=O)OCCO.O=C(/C=C\C(=O)OCCCCl)OO. The molecule has 0 fully saturated rings. The average Bonchev–Trinajstić information content (AvgIpc) is 2.50. The summed E-state index contributed by atoms with van der Waals surface area (Å²) in [6, 6.07) is 0. The molecule has 0 aliphatic heterocycles. The van der Waals surface area contributed by atoms with E-state index in [0.29, 0.717) is 12.3 Å². The maximum atomic E-state index is 10.7. The number of hydrogen-bond acceptors (Lipinski definition) is 8. The van der Waals surface area contributed by atoms with Crippen molar-refractivity contribution in [1.82, 2.24) is 0 Å². The summed E-state index contributed by atoms with van der Waals surface area (Å²) in [5, 5.41) is 15.9. The number of alkyl halides is 1. The Labute approximate surface area is 126 Å². The number of aliphatic hydroxyl groups excluding tert-OH is 1. The van der Waals surface area contributed by atoms with Crippen molar-refractivity contribution in [3.63, 3.8) is 0 Å². The van der Waals surface area contributed by atoms with Gasteiger partial charge in [0.1, 0.15) is 6.61 Å². The summed E-state index contributed by atoms with van der Waals surface area (Å²) < 4.78 is 8.91. The van der Waals surface area contributed by atoms with Crippen LogP contribution in [0.15, 0.2) is 24.8 Å². The van der Waals surface area contributed by atoms with Crippen molar-refractivity contribution in [3.8, 4) is 0 Å². The zero-order chi connectivity index (χ0) is 16.5. The Morgan fingerprint density at radius 2 is 1.62 bits per heavy atom. The number of ether oxygens (including phenoxy) is 2. The third-order valence-electron chi connectivity index (χ3n) is 1.47. The zero-order valence-corrected chi connectivity index (χ0v) is 12.0. The van der Waals surface area contributed by atoms with Gasteiger partial charge in [-0.3, -0.25) is 4.89 Å². The summed E-state index contributed by atoms with van der Waals surface area (Å²) >= 11 is 5.32. The van der Waals surface area contributed by atoms with Gasteiger partial charge in [0.15, 0.2) is 0 Å². The van der Waals surface area contributed by atoms with Gasteiger partial charge in [-0.25, -0.2) is 14.4 Å². The molecule has 0 aromatic heterocycles. The van der Waals surface area contributed by atoms with E-state index in [4.69, 9.17) is 22.0 Å². The summed E-state index contributed by atoms with van der Waals surface area (Å²) in [5.74, 6) is -1.82. The molecule has 21 heavy (non-hydrogen) atoms. The number of hydrogen-bond donors (Lipinski definition) is 2. The molecule has 0 spiro atoms. The van der Waals surface area contributed by atoms with Crippen molar-refractivity contribution in [1.29, 1.82) is 0 Å². The fourth-order valence-corrected chi connectivity index (χ4v) is 0.756. The molecule has 0 saturated carbocycles. The molecule has 9 heteroatoms. The predicted molar refractivity (Wildman–Crippen MR) is 72.4 cm³/mol. The van der Waals surface area contributed by atoms with Crippen LogP contribution in [0.3, 0.4) is 0 Å². The van der Waals surface area contributed by atoms with Gasteiger partial charge < -0.3 is 14.6 Å². The van der Waals surface area contributed by atoms with Gasteiger partial charge >= 0.3 is 17.9 Å². The van der Waals surface area contributed by atoms with E-state index in [1.165, 1.54) is 0 Å². The maximum absolute atomic E-state index is 10.7. The molecule has 0 unspecified atom stereocenters. The Balaban J connectivity index is 0. The van der Waals surface area contributed by atoms with Crippen molar-refractivity contribution in [2.45, 2.75) is 6.42 Å². The highest BCUT2D eigenvalue weighted by atomic mass is 35.5. The quantitative estimate of drug-likeness (QED) is 0.125. The van der Waals surface area contributed by atoms with E-state index in [9.17, 15) is 14.4 Å². The molecule has 2 N–H and O–H groups in total. The monoisotopic (exact) mass is 324 g/mol. The van der Waals surface area contributed by atoms with Crippen LogP contribution in [0, 0.1) is 0 Å². The van der Waals surface area contributed by atoms with E-state index >= 15 is 0 Å². The number of carbonyl (C=O) groups excluding carboxylic acids is 3. The lowest BCUT2D eigenvalue weighted by Gasteiger charge is -1.97. The zero-order valence-electron chi connectivity index (χ0n) is 11.2. The van der Waals surface area contributed by atoms with E-state index in [2.05, 4.69) is 20.9 Å². The Kier molecular flexibility index (Phi) is 16.5. The van der Waals surface area contributed by atoms with Crippen LogP contribution < -0.4 is 0 Å². The normalized spacial score (nSPS) is 9.29. The van der Waals surface area contributed by atoms with Gasteiger partial charge in [0, 0.05) is 24.1 Å². The van der Waals surface area contributed by atoms with Gasteiger partial charge in [0.05, 0.1) is 13.2 Å². The number of esters is 2. The van der Waals surface area contributed by atoms with Crippen LogP contribution in [-0.2, 0) is 28.7 Å². The minimum atomic E-state index is -1.03. The van der Waals surface area contributed by atoms with Crippen LogP contribution in [-0.4, -0.2) is 54.0 Å². The van der Waals surface area contributed by atoms with Crippen LogP contribution in [0.4, 0.5) is 0 Å². The maximum Gasteiger partial charge on any atom is 0.365 e. The Morgan fingerprint density at radius 3 is 2.10 bits per heavy atom. The van der Waals surface area contributed by atoms with E-state index < -0.39 is 17.9 Å². The number of aliphatic hydroxyl groups is 1. The molecule has 0 radical (unpaired) electrons. The van der Waals surface area contributed by atoms with Gasteiger partial charge in [-0.1, -0.05) is 6.58 Å². The molecule has 0 aromatic carbocycles. The summed E-state index contributed by atoms with van der Waals surface area (Å²) in [5.41, 5.74) is 0. The molecule has 0 aliphatic carbocycles. The topological polar surface area (TPSA) is 119 Å². The molecule has 0 aromatic rings. The summed E-state index contributed by atoms with van der Waals surface area (Å²) in [7, 11) is 0. The van der Waals surface area contributed by atoms with Crippen LogP contribution in [0.1, 0.15) is 6.42 Å². The number of carbonyl (C=O) groups is 3. The lowest BCUT2D eigenvalue weighted by Crippen LogP contribution is -2.04. The smallest absolute Gasteiger partial charge is 0.365 e. The first kappa shape index (κ1) is 21.4. The number of rotatable bonds is 8. The molecule has 0 amide bonds. The minimum absolute atomic E-state index is 0.0465. The first-order valence-electron chi connectivity index (χ1n) is 5.68. The van der Waals surface area contributed by atoms with Crippen LogP contribution in [0.5, 0.6) is 0 Å². The summed E-state index contributed by atoms with van der Waals surface area (Å²) in [4.78, 5) is 34.3. The highest BCUT2D eigenvalue weighted by Gasteiger charge is 1.99. The molecule has 0 rings (SSSR count). The van der Waals surface area contributed by atoms with Crippen molar-refractivity contribution < 1.29 is 39.1 Å². The molecule has 0 heterocycles. The first-order chi connectivity index (χ1) is 10.0. The molecule has 0 bridgehead atoms. The molecule has 0 aliphatic rings. The summed E-state index contributed by atoms with van der Waals surface area (Å²) in [6.45, 7) is 3.26.